The Morgan fingerprint density at radius 2 is 1.80 bits per heavy atom. The largest absolute Gasteiger partial charge is 0.504 e. The van der Waals surface area contributed by atoms with Gasteiger partial charge in [-0.05, 0) is 0 Å². The molecule has 0 spiro atoms. The molecule has 0 aliphatic rings. The maximum Gasteiger partial charge on any atom is 0.504 e. The molecule has 0 N–H and O–H groups in total. The molecule has 0 saturated heterocycles. The zero-order valence-corrected chi connectivity index (χ0v) is 5.33. The Morgan fingerprint density at radius 3 is 1.90 bits per heavy atom. The van der Waals surface area contributed by atoms with Crippen molar-refractivity contribution in [2.24, 2.45) is 0 Å². The Morgan fingerprint density at radius 1 is 1.40 bits per heavy atom. The molecule has 3 nitrogen and oxygen atoms in total. The summed E-state index contributed by atoms with van der Waals surface area (Å²) in [7, 11) is -5.20. The fourth-order valence-corrected chi connectivity index (χ4v) is 0.475. The van der Waals surface area contributed by atoms with Gasteiger partial charge in [-0.1, -0.05) is 0 Å². The van der Waals surface area contributed by atoms with Crippen molar-refractivity contribution in [3.63, 3.8) is 0 Å². The van der Waals surface area contributed by atoms with Gasteiger partial charge in [0.15, 0.2) is 0 Å². The molecule has 0 rings (SSSR count). The molecular formula is C3H2F3NO2S. The zero-order chi connectivity index (χ0) is 8.41. The highest BCUT2D eigenvalue weighted by molar-refractivity contribution is 7.92. The number of nitrogens with zero attached hydrogens (tertiary/aromatic N) is 1. The van der Waals surface area contributed by atoms with Crippen LogP contribution in [0.15, 0.2) is 0 Å². The van der Waals surface area contributed by atoms with E-state index in [0.717, 1.165) is 0 Å². The smallest absolute Gasteiger partial charge is 0.299 e. The number of hydrogen-bond acceptors (Lipinski definition) is 2. The average Bonchev–Trinajstić information content (AvgIpc) is 1.61. The summed E-state index contributed by atoms with van der Waals surface area (Å²) < 4.78 is 53.7. The molecule has 0 aliphatic carbocycles. The number of rotatable bonds is 1. The molecule has 0 aromatic rings. The van der Waals surface area contributed by atoms with Crippen LogP contribution >= 0.6 is 0 Å². The Labute approximate surface area is 55.2 Å². The maximum absolute atomic E-state index is 11.3. The monoisotopic (exact) mass is 173 g/mol. The quantitative estimate of drug-likeness (QED) is 0.550. The van der Waals surface area contributed by atoms with Crippen molar-refractivity contribution in [1.29, 1.82) is 0 Å². The summed E-state index contributed by atoms with van der Waals surface area (Å²) in [5.41, 5.74) is -5.29. The van der Waals surface area contributed by atoms with Gasteiger partial charge in [0.2, 0.25) is 0 Å². The lowest BCUT2D eigenvalue weighted by molar-refractivity contribution is -0.0432. The Bertz CT molecular complexity index is 246. The average molecular weight is 173 g/mol. The number of halogens is 3. The number of hydrogen-bond donors (Lipinski definition) is 0. The molecule has 0 heterocycles. The molecule has 0 radical (unpaired) electrons. The first kappa shape index (κ1) is 9.23. The predicted octanol–water partition coefficient (Wildman–Crippen LogP) is 0.798. The fourth-order valence-electron chi connectivity index (χ4n) is 0.158. The zero-order valence-electron chi connectivity index (χ0n) is 4.51. The normalized spacial score (nSPS) is 12.6. The van der Waals surface area contributed by atoms with Crippen molar-refractivity contribution in [2.75, 3.05) is 5.88 Å². The van der Waals surface area contributed by atoms with Crippen LogP contribution in [0.25, 0.3) is 4.85 Å². The van der Waals surface area contributed by atoms with Crippen molar-refractivity contribution in [3.8, 4) is 0 Å². The number of alkyl halides is 3. The van der Waals surface area contributed by atoms with Crippen molar-refractivity contribution >= 4 is 9.84 Å². The second kappa shape index (κ2) is 2.46. The molecule has 0 fully saturated rings. The van der Waals surface area contributed by atoms with Gasteiger partial charge in [0.05, 0.1) is 0 Å². The highest BCUT2D eigenvalue weighted by Gasteiger charge is 2.47. The summed E-state index contributed by atoms with van der Waals surface area (Å²) in [4.78, 5) is 2.12. The van der Waals surface area contributed by atoms with E-state index in [4.69, 9.17) is 6.57 Å². The summed E-state index contributed by atoms with van der Waals surface area (Å²) >= 11 is 0. The summed E-state index contributed by atoms with van der Waals surface area (Å²) in [5.74, 6) is -1.53. The highest BCUT2D eigenvalue weighted by atomic mass is 32.2. The minimum Gasteiger partial charge on any atom is -0.299 e. The van der Waals surface area contributed by atoms with Gasteiger partial charge in [0.1, 0.15) is 0 Å². The van der Waals surface area contributed by atoms with Crippen LogP contribution in [-0.4, -0.2) is 19.8 Å². The van der Waals surface area contributed by atoms with E-state index in [1.807, 2.05) is 0 Å². The molecule has 0 aliphatic heterocycles. The lowest BCUT2D eigenvalue weighted by atomic mass is 11.4. The highest BCUT2D eigenvalue weighted by Crippen LogP contribution is 2.23. The van der Waals surface area contributed by atoms with Crippen LogP contribution in [0.3, 0.4) is 0 Å². The summed E-state index contributed by atoms with van der Waals surface area (Å²) in [5, 5.41) is 0. The van der Waals surface area contributed by atoms with Gasteiger partial charge in [-0.3, -0.25) is 4.85 Å². The minimum absolute atomic E-state index is 1.53. The topological polar surface area (TPSA) is 38.5 Å². The summed E-state index contributed by atoms with van der Waals surface area (Å²) in [6, 6.07) is 0. The SMILES string of the molecule is [C-]#[N+]CS(=O)(=O)C(F)(F)F. The van der Waals surface area contributed by atoms with E-state index < -0.39 is 21.2 Å². The Hall–Kier alpha value is -0.770. The Balaban J connectivity index is 4.65. The maximum atomic E-state index is 11.3. The van der Waals surface area contributed by atoms with Crippen LogP contribution in [0.2, 0.25) is 0 Å². The molecule has 0 unspecified atom stereocenters. The van der Waals surface area contributed by atoms with Crippen LogP contribution in [0.4, 0.5) is 13.2 Å². The van der Waals surface area contributed by atoms with Crippen molar-refractivity contribution < 1.29 is 21.6 Å². The lowest BCUT2D eigenvalue weighted by Gasteiger charge is -1.99. The third-order valence-corrected chi connectivity index (χ3v) is 1.76. The van der Waals surface area contributed by atoms with Crippen molar-refractivity contribution in [2.45, 2.75) is 5.51 Å². The fraction of sp³-hybridized carbons (Fsp3) is 0.667. The first-order valence-corrected chi connectivity index (χ1v) is 3.59. The van der Waals surface area contributed by atoms with Gasteiger partial charge in [-0.25, -0.2) is 15.0 Å². The predicted molar refractivity (Wildman–Crippen MR) is 26.4 cm³/mol. The van der Waals surface area contributed by atoms with Gasteiger partial charge in [0.25, 0.3) is 0 Å². The van der Waals surface area contributed by atoms with Gasteiger partial charge in [-0.2, -0.15) is 13.2 Å². The van der Waals surface area contributed by atoms with Crippen LogP contribution in [-0.2, 0) is 9.84 Å². The first-order chi connectivity index (χ1) is 4.31. The van der Waals surface area contributed by atoms with Gasteiger partial charge in [-0.15, -0.1) is 0 Å². The molecule has 58 valence electrons. The first-order valence-electron chi connectivity index (χ1n) is 1.93. The van der Waals surface area contributed by atoms with E-state index in [1.54, 1.807) is 0 Å². The molecule has 10 heavy (non-hydrogen) atoms. The molecule has 0 aromatic carbocycles. The number of sulfone groups is 1. The van der Waals surface area contributed by atoms with Crippen LogP contribution in [0, 0.1) is 6.57 Å². The van der Waals surface area contributed by atoms with Crippen molar-refractivity contribution in [1.82, 2.24) is 0 Å². The van der Waals surface area contributed by atoms with Gasteiger partial charge in [0, 0.05) is 0 Å². The molecule has 0 aromatic heterocycles. The van der Waals surface area contributed by atoms with E-state index in [0.29, 0.717) is 0 Å². The van der Waals surface area contributed by atoms with Gasteiger partial charge >= 0.3 is 21.2 Å². The molecule has 0 saturated carbocycles. The van der Waals surface area contributed by atoms with Crippen LogP contribution in [0.5, 0.6) is 0 Å². The van der Waals surface area contributed by atoms with Gasteiger partial charge < -0.3 is 0 Å². The van der Waals surface area contributed by atoms with Crippen molar-refractivity contribution in [3.05, 3.63) is 11.4 Å². The third kappa shape index (κ3) is 1.88. The summed E-state index contributed by atoms with van der Waals surface area (Å²) in [6.45, 7) is 5.88. The Kier molecular flexibility index (Phi) is 2.27. The van der Waals surface area contributed by atoms with E-state index in [1.165, 1.54) is 0 Å². The van der Waals surface area contributed by atoms with E-state index in [-0.39, 0.29) is 0 Å². The third-order valence-electron chi connectivity index (χ3n) is 0.587. The van der Waals surface area contributed by atoms with E-state index in [2.05, 4.69) is 4.85 Å². The standard InChI is InChI=1S/C3H2F3NO2S/c1-7-2-10(8,9)3(4,5)6/h2H2. The second-order valence-electron chi connectivity index (χ2n) is 1.35. The molecule has 0 atom stereocenters. The van der Waals surface area contributed by atoms with Crippen LogP contribution < -0.4 is 0 Å². The summed E-state index contributed by atoms with van der Waals surface area (Å²) in [6.07, 6.45) is 0. The molecule has 0 bridgehead atoms. The van der Waals surface area contributed by atoms with E-state index in [9.17, 15) is 21.6 Å². The minimum atomic E-state index is -5.29. The van der Waals surface area contributed by atoms with E-state index >= 15 is 0 Å². The van der Waals surface area contributed by atoms with Crippen LogP contribution in [0.1, 0.15) is 0 Å². The second-order valence-corrected chi connectivity index (χ2v) is 3.30. The molecule has 7 heteroatoms. The lowest BCUT2D eigenvalue weighted by Crippen LogP contribution is -2.24. The molecular weight excluding hydrogens is 171 g/mol. The molecule has 0 amide bonds.